The Morgan fingerprint density at radius 3 is 2.18 bits per heavy atom. The highest BCUT2D eigenvalue weighted by molar-refractivity contribution is 6.80. The molecule has 17 heavy (non-hydrogen) atoms. The maximum atomic E-state index is 6.17. The fourth-order valence-corrected chi connectivity index (χ4v) is 3.87. The van der Waals surface area contributed by atoms with E-state index in [-0.39, 0.29) is 0 Å². The van der Waals surface area contributed by atoms with Crippen LogP contribution >= 0.6 is 0 Å². The van der Waals surface area contributed by atoms with Gasteiger partial charge >= 0.3 is 0 Å². The third-order valence-corrected chi connectivity index (χ3v) is 4.99. The highest BCUT2D eigenvalue weighted by Gasteiger charge is 2.26. The normalized spacial score (nSPS) is 22.6. The molecule has 0 aromatic heterocycles. The third-order valence-electron chi connectivity index (χ3n) is 2.94. The Bertz CT molecular complexity index is 329. The van der Waals surface area contributed by atoms with Crippen molar-refractivity contribution in [2.75, 3.05) is 0 Å². The zero-order valence-electron chi connectivity index (χ0n) is 12.6. The van der Waals surface area contributed by atoms with Crippen molar-refractivity contribution in [3.8, 4) is 0 Å². The van der Waals surface area contributed by atoms with Crippen LogP contribution in [0.2, 0.25) is 39.3 Å². The fourth-order valence-electron chi connectivity index (χ4n) is 2.05. The van der Waals surface area contributed by atoms with E-state index in [9.17, 15) is 0 Å². The Hall–Kier alpha value is -0.286. The summed E-state index contributed by atoms with van der Waals surface area (Å²) in [5.41, 5.74) is 3.94. The van der Waals surface area contributed by atoms with Gasteiger partial charge in [-0.3, -0.25) is 0 Å². The molecule has 1 rings (SSSR count). The zero-order chi connectivity index (χ0) is 13.3. The smallest absolute Gasteiger partial charge is 0.241 e. The van der Waals surface area contributed by atoms with Crippen molar-refractivity contribution in [2.24, 2.45) is 5.92 Å². The Labute approximate surface area is 109 Å². The average Bonchev–Trinajstić information content (AvgIpc) is 2.41. The van der Waals surface area contributed by atoms with E-state index in [0.717, 1.165) is 6.42 Å². The van der Waals surface area contributed by atoms with Crippen LogP contribution in [-0.2, 0) is 4.43 Å². The van der Waals surface area contributed by atoms with Crippen LogP contribution in [0.1, 0.15) is 19.8 Å². The molecule has 0 amide bonds. The Morgan fingerprint density at radius 1 is 1.12 bits per heavy atom. The van der Waals surface area contributed by atoms with Gasteiger partial charge in [-0.05, 0) is 38.6 Å². The van der Waals surface area contributed by atoms with Gasteiger partial charge in [-0.15, -0.1) is 0 Å². The molecule has 1 nitrogen and oxygen atoms in total. The van der Waals surface area contributed by atoms with E-state index in [1.165, 1.54) is 17.8 Å². The van der Waals surface area contributed by atoms with E-state index in [1.807, 2.05) is 0 Å². The fraction of sp³-hybridized carbons (Fsp3) is 0.714. The third kappa shape index (κ3) is 5.26. The van der Waals surface area contributed by atoms with E-state index in [1.54, 1.807) is 0 Å². The largest absolute Gasteiger partial charge is 0.547 e. The van der Waals surface area contributed by atoms with Crippen molar-refractivity contribution >= 4 is 16.4 Å². The molecule has 3 heteroatoms. The SMILES string of the molecule is CC1=C(O[Si](C)(C)C)CCC1/C=C/[Si](C)(C)C. The molecule has 0 radical (unpaired) electrons. The lowest BCUT2D eigenvalue weighted by Crippen LogP contribution is -2.24. The van der Waals surface area contributed by atoms with Crippen LogP contribution in [0.5, 0.6) is 0 Å². The van der Waals surface area contributed by atoms with Crippen LogP contribution < -0.4 is 0 Å². The number of hydrogen-bond donors (Lipinski definition) is 0. The summed E-state index contributed by atoms with van der Waals surface area (Å²) in [4.78, 5) is 0. The zero-order valence-corrected chi connectivity index (χ0v) is 14.6. The summed E-state index contributed by atoms with van der Waals surface area (Å²) in [6.45, 7) is 16.2. The minimum atomic E-state index is -1.43. The van der Waals surface area contributed by atoms with Crippen LogP contribution in [0.4, 0.5) is 0 Å². The second kappa shape index (κ2) is 5.15. The van der Waals surface area contributed by atoms with Crippen LogP contribution in [0, 0.1) is 5.92 Å². The van der Waals surface area contributed by atoms with Crippen molar-refractivity contribution in [3.63, 3.8) is 0 Å². The molecule has 0 fully saturated rings. The maximum absolute atomic E-state index is 6.17. The van der Waals surface area contributed by atoms with Gasteiger partial charge in [0.2, 0.25) is 8.32 Å². The summed E-state index contributed by atoms with van der Waals surface area (Å²) in [7, 11) is -2.48. The molecule has 1 atom stereocenters. The van der Waals surface area contributed by atoms with E-state index < -0.39 is 16.4 Å². The van der Waals surface area contributed by atoms with Gasteiger partial charge in [-0.1, -0.05) is 31.4 Å². The first-order valence-electron chi connectivity index (χ1n) is 6.66. The summed E-state index contributed by atoms with van der Waals surface area (Å²) < 4.78 is 6.17. The lowest BCUT2D eigenvalue weighted by Gasteiger charge is -2.21. The molecule has 0 aromatic rings. The molecule has 0 N–H and O–H groups in total. The van der Waals surface area contributed by atoms with Gasteiger partial charge < -0.3 is 4.43 Å². The molecule has 0 aliphatic heterocycles. The Kier molecular flexibility index (Phi) is 4.47. The van der Waals surface area contributed by atoms with Gasteiger partial charge in [0.15, 0.2) is 0 Å². The molecule has 0 bridgehead atoms. The number of hydrogen-bond acceptors (Lipinski definition) is 1. The first-order chi connectivity index (χ1) is 7.58. The van der Waals surface area contributed by atoms with Crippen molar-refractivity contribution in [3.05, 3.63) is 23.1 Å². The highest BCUT2D eigenvalue weighted by Crippen LogP contribution is 2.35. The molecule has 0 aromatic carbocycles. The summed E-state index contributed by atoms with van der Waals surface area (Å²) in [5.74, 6) is 1.92. The van der Waals surface area contributed by atoms with Crippen LogP contribution in [0.3, 0.4) is 0 Å². The second-order valence-corrected chi connectivity index (χ2v) is 16.7. The van der Waals surface area contributed by atoms with E-state index in [0.29, 0.717) is 5.92 Å². The lowest BCUT2D eigenvalue weighted by molar-refractivity contribution is 0.404. The van der Waals surface area contributed by atoms with E-state index >= 15 is 0 Å². The minimum absolute atomic E-state index is 0.632. The summed E-state index contributed by atoms with van der Waals surface area (Å²) in [6, 6.07) is 0. The van der Waals surface area contributed by atoms with Crippen LogP contribution in [0.15, 0.2) is 23.1 Å². The van der Waals surface area contributed by atoms with Gasteiger partial charge in [0, 0.05) is 12.3 Å². The molecule has 98 valence electrons. The topological polar surface area (TPSA) is 9.23 Å². The van der Waals surface area contributed by atoms with Gasteiger partial charge in [0.1, 0.15) is 0 Å². The quantitative estimate of drug-likeness (QED) is 0.655. The Morgan fingerprint density at radius 2 is 1.71 bits per heavy atom. The molecule has 1 aliphatic rings. The van der Waals surface area contributed by atoms with Gasteiger partial charge in [0.25, 0.3) is 0 Å². The van der Waals surface area contributed by atoms with Crippen molar-refractivity contribution in [2.45, 2.75) is 59.0 Å². The highest BCUT2D eigenvalue weighted by atomic mass is 28.4. The van der Waals surface area contributed by atoms with Crippen molar-refractivity contribution < 1.29 is 4.43 Å². The van der Waals surface area contributed by atoms with Gasteiger partial charge in [-0.2, -0.15) is 0 Å². The maximum Gasteiger partial charge on any atom is 0.241 e. The predicted octanol–water partition coefficient (Wildman–Crippen LogP) is 4.96. The van der Waals surface area contributed by atoms with Gasteiger partial charge in [0.05, 0.1) is 13.8 Å². The van der Waals surface area contributed by atoms with E-state index in [2.05, 4.69) is 58.0 Å². The Balaban J connectivity index is 2.72. The predicted molar refractivity (Wildman–Crippen MR) is 82.3 cm³/mol. The lowest BCUT2D eigenvalue weighted by atomic mass is 10.0. The van der Waals surface area contributed by atoms with Crippen LogP contribution in [0.25, 0.3) is 0 Å². The standard InChI is InChI=1S/C14H28OSi2/c1-12-13(10-11-16(2,3)4)8-9-14(12)15-17(5,6)7/h10-11,13H,8-9H2,1-7H3/b11-10+. The summed E-state index contributed by atoms with van der Waals surface area (Å²) >= 11 is 0. The molecular formula is C14H28OSi2. The van der Waals surface area contributed by atoms with E-state index in [4.69, 9.17) is 4.43 Å². The summed E-state index contributed by atoms with van der Waals surface area (Å²) in [6.07, 6.45) is 4.81. The van der Waals surface area contributed by atoms with Crippen molar-refractivity contribution in [1.82, 2.24) is 0 Å². The summed E-state index contributed by atoms with van der Waals surface area (Å²) in [5, 5.41) is 0. The van der Waals surface area contributed by atoms with Crippen molar-refractivity contribution in [1.29, 1.82) is 0 Å². The average molecular weight is 269 g/mol. The van der Waals surface area contributed by atoms with Crippen LogP contribution in [-0.4, -0.2) is 16.4 Å². The monoisotopic (exact) mass is 268 g/mol. The molecule has 0 saturated carbocycles. The minimum Gasteiger partial charge on any atom is -0.547 e. The molecule has 0 spiro atoms. The van der Waals surface area contributed by atoms with Gasteiger partial charge in [-0.25, -0.2) is 0 Å². The molecular weight excluding hydrogens is 240 g/mol. The number of rotatable bonds is 4. The molecule has 1 unspecified atom stereocenters. The first kappa shape index (κ1) is 14.8. The second-order valence-electron chi connectivity index (χ2n) is 7.19. The molecule has 0 saturated heterocycles. The first-order valence-corrected chi connectivity index (χ1v) is 13.6. The number of allylic oxidation sites excluding steroid dienone is 3. The molecule has 1 aliphatic carbocycles. The molecule has 0 heterocycles.